The number of anilines is 1. The smallest absolute Gasteiger partial charge is 0.366 e. The minimum atomic E-state index is -0.737. The van der Waals surface area contributed by atoms with Crippen molar-refractivity contribution >= 4 is 34.3 Å². The average Bonchev–Trinajstić information content (AvgIpc) is 3.29. The van der Waals surface area contributed by atoms with Crippen molar-refractivity contribution in [3.63, 3.8) is 0 Å². The van der Waals surface area contributed by atoms with E-state index in [1.165, 1.54) is 6.20 Å². The van der Waals surface area contributed by atoms with Crippen molar-refractivity contribution in [1.82, 2.24) is 25.1 Å². The highest BCUT2D eigenvalue weighted by Gasteiger charge is 2.22. The van der Waals surface area contributed by atoms with Crippen LogP contribution < -0.4 is 10.5 Å². The zero-order valence-electron chi connectivity index (χ0n) is 16.5. The van der Waals surface area contributed by atoms with E-state index < -0.39 is 5.97 Å². The highest BCUT2D eigenvalue weighted by Crippen LogP contribution is 2.35. The molecule has 5 aromatic rings. The van der Waals surface area contributed by atoms with Gasteiger partial charge in [0, 0.05) is 22.7 Å². The van der Waals surface area contributed by atoms with Gasteiger partial charge in [-0.2, -0.15) is 5.10 Å². The molecular formula is C23H15ClN6O2. The highest BCUT2D eigenvalue weighted by molar-refractivity contribution is 6.35. The number of carbonyl (C=O) groups excluding carboxylic acids is 1. The zero-order chi connectivity index (χ0) is 22.1. The normalized spacial score (nSPS) is 10.9. The Morgan fingerprint density at radius 1 is 0.969 bits per heavy atom. The van der Waals surface area contributed by atoms with Gasteiger partial charge in [-0.25, -0.2) is 14.8 Å². The monoisotopic (exact) mass is 442 g/mol. The summed E-state index contributed by atoms with van der Waals surface area (Å²) < 4.78 is 5.37. The second-order valence-corrected chi connectivity index (χ2v) is 7.30. The Labute approximate surface area is 187 Å². The lowest BCUT2D eigenvalue weighted by atomic mass is 10.0. The molecule has 8 nitrogen and oxygen atoms in total. The van der Waals surface area contributed by atoms with E-state index in [9.17, 15) is 4.79 Å². The third-order valence-corrected chi connectivity index (χ3v) is 5.08. The quantitative estimate of drug-likeness (QED) is 0.392. The number of H-pyrrole nitrogens is 1. The van der Waals surface area contributed by atoms with Crippen LogP contribution in [0.4, 0.5) is 5.82 Å². The van der Waals surface area contributed by atoms with Crippen molar-refractivity contribution in [2.45, 2.75) is 0 Å². The Morgan fingerprint density at radius 3 is 2.56 bits per heavy atom. The molecule has 0 spiro atoms. The number of aromatic nitrogens is 5. The van der Waals surface area contributed by atoms with Gasteiger partial charge in [-0.3, -0.25) is 10.1 Å². The number of esters is 1. The van der Waals surface area contributed by atoms with E-state index in [1.807, 2.05) is 36.4 Å². The summed E-state index contributed by atoms with van der Waals surface area (Å²) in [6, 6.07) is 16.3. The molecule has 2 aromatic carbocycles. The number of aromatic amines is 1. The molecule has 0 saturated carbocycles. The number of benzene rings is 2. The fourth-order valence-electron chi connectivity index (χ4n) is 3.31. The van der Waals surface area contributed by atoms with Crippen LogP contribution in [0.5, 0.6) is 5.75 Å². The molecule has 0 amide bonds. The largest absolute Gasteiger partial charge is 0.420 e. The summed E-state index contributed by atoms with van der Waals surface area (Å²) in [6.45, 7) is 0. The average molecular weight is 443 g/mol. The summed E-state index contributed by atoms with van der Waals surface area (Å²) in [5.74, 6) is -0.508. The van der Waals surface area contributed by atoms with Gasteiger partial charge in [0.1, 0.15) is 5.75 Å². The first-order chi connectivity index (χ1) is 15.6. The summed E-state index contributed by atoms with van der Waals surface area (Å²) in [5, 5.41) is 8.16. The van der Waals surface area contributed by atoms with Crippen LogP contribution in [-0.2, 0) is 0 Å². The molecule has 9 heteroatoms. The molecule has 3 aromatic heterocycles. The van der Waals surface area contributed by atoms with Gasteiger partial charge in [0.05, 0.1) is 34.3 Å². The molecule has 156 valence electrons. The van der Waals surface area contributed by atoms with Crippen LogP contribution in [0.2, 0.25) is 5.02 Å². The van der Waals surface area contributed by atoms with Gasteiger partial charge in [-0.05, 0) is 24.3 Å². The standard InChI is InChI=1S/C23H15ClN6O2/c24-17-10-14(9-15-11-27-30-18(15)17)20-19(13-5-2-1-3-6-13)29-22(25)21(28-20)23(31)32-16-7-4-8-26-12-16/h1-12H,(H2,25,29)(H,27,30). The van der Waals surface area contributed by atoms with Gasteiger partial charge in [-0.15, -0.1) is 0 Å². The minimum Gasteiger partial charge on any atom is -0.420 e. The number of nitrogen functional groups attached to an aromatic ring is 1. The van der Waals surface area contributed by atoms with Crippen LogP contribution in [0.15, 0.2) is 73.2 Å². The van der Waals surface area contributed by atoms with E-state index in [0.717, 1.165) is 10.9 Å². The molecule has 32 heavy (non-hydrogen) atoms. The Morgan fingerprint density at radius 2 is 1.78 bits per heavy atom. The van der Waals surface area contributed by atoms with Crippen molar-refractivity contribution in [1.29, 1.82) is 0 Å². The number of carbonyl (C=O) groups is 1. The van der Waals surface area contributed by atoms with E-state index in [-0.39, 0.29) is 17.3 Å². The summed E-state index contributed by atoms with van der Waals surface area (Å²) in [4.78, 5) is 25.9. The van der Waals surface area contributed by atoms with Crippen molar-refractivity contribution in [3.05, 3.63) is 83.9 Å². The fourth-order valence-corrected chi connectivity index (χ4v) is 3.58. The summed E-state index contributed by atoms with van der Waals surface area (Å²) >= 11 is 6.45. The number of fused-ring (bicyclic) bond motifs is 1. The van der Waals surface area contributed by atoms with E-state index in [1.54, 1.807) is 30.6 Å². The Hall–Kier alpha value is -4.30. The maximum absolute atomic E-state index is 12.8. The van der Waals surface area contributed by atoms with Gasteiger partial charge >= 0.3 is 5.97 Å². The summed E-state index contributed by atoms with van der Waals surface area (Å²) in [5.41, 5.74) is 9.13. The molecular weight excluding hydrogens is 428 g/mol. The van der Waals surface area contributed by atoms with Gasteiger partial charge in [0.2, 0.25) is 0 Å². The van der Waals surface area contributed by atoms with Crippen LogP contribution in [0.25, 0.3) is 33.4 Å². The molecule has 0 saturated heterocycles. The number of nitrogens with one attached hydrogen (secondary N) is 1. The minimum absolute atomic E-state index is 0.0445. The lowest BCUT2D eigenvalue weighted by Crippen LogP contribution is -2.16. The van der Waals surface area contributed by atoms with Gasteiger partial charge in [-0.1, -0.05) is 41.9 Å². The van der Waals surface area contributed by atoms with Crippen molar-refractivity contribution in [2.75, 3.05) is 5.73 Å². The van der Waals surface area contributed by atoms with Crippen LogP contribution >= 0.6 is 11.6 Å². The van der Waals surface area contributed by atoms with Crippen LogP contribution in [0.3, 0.4) is 0 Å². The SMILES string of the molecule is Nc1nc(-c2ccccc2)c(-c2cc(Cl)c3[nH]ncc3c2)nc1C(=O)Oc1cccnc1. The lowest BCUT2D eigenvalue weighted by molar-refractivity contribution is 0.0729. The number of hydrogen-bond donors (Lipinski definition) is 2. The molecule has 0 atom stereocenters. The number of pyridine rings is 1. The molecule has 3 N–H and O–H groups in total. The first kappa shape index (κ1) is 19.7. The predicted octanol–water partition coefficient (Wildman–Crippen LogP) is 4.54. The Kier molecular flexibility index (Phi) is 4.97. The van der Waals surface area contributed by atoms with Crippen molar-refractivity contribution < 1.29 is 9.53 Å². The fraction of sp³-hybridized carbons (Fsp3) is 0. The molecule has 5 rings (SSSR count). The molecule has 0 bridgehead atoms. The van der Waals surface area contributed by atoms with Crippen LogP contribution in [0, 0.1) is 0 Å². The molecule has 0 aliphatic heterocycles. The number of halogens is 1. The van der Waals surface area contributed by atoms with Gasteiger partial charge in [0.15, 0.2) is 11.5 Å². The van der Waals surface area contributed by atoms with Crippen LogP contribution in [-0.4, -0.2) is 31.1 Å². The van der Waals surface area contributed by atoms with Gasteiger partial charge < -0.3 is 10.5 Å². The summed E-state index contributed by atoms with van der Waals surface area (Å²) in [7, 11) is 0. The third kappa shape index (κ3) is 3.63. The topological polar surface area (TPSA) is 120 Å². The summed E-state index contributed by atoms with van der Waals surface area (Å²) in [6.07, 6.45) is 4.66. The second kappa shape index (κ2) is 8.09. The second-order valence-electron chi connectivity index (χ2n) is 6.89. The number of hydrogen-bond acceptors (Lipinski definition) is 7. The number of nitrogens with two attached hydrogens (primary N) is 1. The first-order valence-corrected chi connectivity index (χ1v) is 9.96. The molecule has 0 aliphatic carbocycles. The molecule has 0 fully saturated rings. The predicted molar refractivity (Wildman–Crippen MR) is 121 cm³/mol. The molecule has 0 radical (unpaired) electrons. The lowest BCUT2D eigenvalue weighted by Gasteiger charge is -2.13. The third-order valence-electron chi connectivity index (χ3n) is 4.78. The van der Waals surface area contributed by atoms with E-state index in [4.69, 9.17) is 22.1 Å². The van der Waals surface area contributed by atoms with E-state index >= 15 is 0 Å². The van der Waals surface area contributed by atoms with Crippen LogP contribution in [0.1, 0.15) is 10.5 Å². The molecule has 0 aliphatic rings. The number of rotatable bonds is 4. The Bertz CT molecular complexity index is 1440. The molecule has 3 heterocycles. The number of ether oxygens (including phenoxy) is 1. The number of nitrogens with zero attached hydrogens (tertiary/aromatic N) is 4. The molecule has 0 unspecified atom stereocenters. The van der Waals surface area contributed by atoms with Gasteiger partial charge in [0.25, 0.3) is 0 Å². The zero-order valence-corrected chi connectivity index (χ0v) is 17.2. The first-order valence-electron chi connectivity index (χ1n) is 9.58. The maximum Gasteiger partial charge on any atom is 0.366 e. The maximum atomic E-state index is 12.8. The van der Waals surface area contributed by atoms with E-state index in [0.29, 0.717) is 27.5 Å². The van der Waals surface area contributed by atoms with Crippen molar-refractivity contribution in [3.8, 4) is 28.3 Å². The van der Waals surface area contributed by atoms with Crippen molar-refractivity contribution in [2.24, 2.45) is 0 Å². The highest BCUT2D eigenvalue weighted by atomic mass is 35.5. The van der Waals surface area contributed by atoms with E-state index in [2.05, 4.69) is 25.1 Å². The Balaban J connectivity index is 1.68.